The Morgan fingerprint density at radius 3 is 1.35 bits per heavy atom. The van der Waals surface area contributed by atoms with Gasteiger partial charge in [-0.1, -0.05) is 145 Å². The molecule has 0 heteroatoms. The van der Waals surface area contributed by atoms with Crippen molar-refractivity contribution in [2.24, 2.45) is 0 Å². The van der Waals surface area contributed by atoms with E-state index in [4.69, 9.17) is 17.8 Å². The molecule has 0 bridgehead atoms. The van der Waals surface area contributed by atoms with Gasteiger partial charge in [-0.2, -0.15) is 0 Å². The lowest BCUT2D eigenvalue weighted by Gasteiger charge is -2.20. The van der Waals surface area contributed by atoms with Crippen molar-refractivity contribution in [3.63, 3.8) is 0 Å². The van der Waals surface area contributed by atoms with E-state index in [1.807, 2.05) is 0 Å². The average molecular weight is 525 g/mol. The van der Waals surface area contributed by atoms with Crippen LogP contribution in [-0.2, 0) is 0 Å². The molecule has 0 spiro atoms. The molecule has 40 heavy (non-hydrogen) atoms. The van der Waals surface area contributed by atoms with E-state index in [0.717, 1.165) is 0 Å². The zero-order valence-electron chi connectivity index (χ0n) is 38.6. The highest BCUT2D eigenvalue weighted by atomic mass is 14.2. The molecule has 8 rings (SSSR count). The molecule has 0 atom stereocenters. The fraction of sp³-hybridized carbons (Fsp3) is 0. The normalized spacial score (nSPS) is 17.8. The summed E-state index contributed by atoms with van der Waals surface area (Å²) in [6.45, 7) is 0. The summed E-state index contributed by atoms with van der Waals surface area (Å²) >= 11 is 0. The van der Waals surface area contributed by atoms with E-state index in [1.54, 1.807) is 48.5 Å². The monoisotopic (exact) mass is 524 g/mol. The van der Waals surface area contributed by atoms with Crippen molar-refractivity contribution in [1.29, 1.82) is 0 Å². The Labute approximate surface area is 259 Å². The van der Waals surface area contributed by atoms with Crippen molar-refractivity contribution in [2.75, 3.05) is 0 Å². The molecule has 0 nitrogen and oxygen atoms in total. The highest BCUT2D eigenvalue weighted by Crippen LogP contribution is 2.46. The van der Waals surface area contributed by atoms with Gasteiger partial charge in [-0.05, 0) is 88.6 Å². The van der Waals surface area contributed by atoms with Gasteiger partial charge in [-0.3, -0.25) is 0 Å². The predicted molar refractivity (Wildman–Crippen MR) is 173 cm³/mol. The van der Waals surface area contributed by atoms with Crippen LogP contribution >= 0.6 is 0 Å². The molecule has 0 radical (unpaired) electrons. The van der Waals surface area contributed by atoms with Crippen molar-refractivity contribution in [2.45, 2.75) is 0 Å². The van der Waals surface area contributed by atoms with E-state index in [1.165, 1.54) is 0 Å². The maximum absolute atomic E-state index is 9.38. The molecule has 0 heterocycles. The van der Waals surface area contributed by atoms with Gasteiger partial charge in [0.15, 0.2) is 0 Å². The number of benzene rings is 8. The van der Waals surface area contributed by atoms with E-state index >= 15 is 0 Å². The topological polar surface area (TPSA) is 0 Å². The lowest BCUT2D eigenvalue weighted by atomic mass is 9.83. The highest BCUT2D eigenvalue weighted by molar-refractivity contribution is 6.22. The van der Waals surface area contributed by atoms with Crippen LogP contribution in [-0.4, -0.2) is 0 Å². The molecule has 0 unspecified atom stereocenters. The van der Waals surface area contributed by atoms with Crippen molar-refractivity contribution in [3.05, 3.63) is 157 Å². The maximum Gasteiger partial charge on any atom is 0.0636 e. The second kappa shape index (κ2) is 9.22. The first-order valence-electron chi connectivity index (χ1n) is 21.4. The van der Waals surface area contributed by atoms with E-state index in [9.17, 15) is 6.85 Å². The van der Waals surface area contributed by atoms with Gasteiger partial charge in [0.05, 0.1) is 24.7 Å². The van der Waals surface area contributed by atoms with Gasteiger partial charge in [0.2, 0.25) is 0 Å². The Kier molecular flexibility index (Phi) is 2.56. The first-order chi connectivity index (χ1) is 27.4. The number of fused-ring (bicyclic) bond motifs is 4. The van der Waals surface area contributed by atoms with Crippen LogP contribution in [0.2, 0.25) is 0 Å². The zero-order chi connectivity index (χ0) is 42.1. The van der Waals surface area contributed by atoms with Crippen molar-refractivity contribution < 1.29 is 24.7 Å². The van der Waals surface area contributed by atoms with Gasteiger partial charge in [0.25, 0.3) is 0 Å². The third-order valence-electron chi connectivity index (χ3n) is 6.87. The second-order valence-electron chi connectivity index (χ2n) is 9.09. The van der Waals surface area contributed by atoms with Crippen LogP contribution in [0.15, 0.2) is 157 Å². The van der Waals surface area contributed by atoms with Crippen LogP contribution in [0, 0.1) is 0 Å². The first-order valence-corrected chi connectivity index (χ1v) is 12.4. The molecule has 0 amide bonds. The SMILES string of the molecule is [2H]c1c([2H])c([2H])c(-c2c3ccccc3c(-c3c([2H])c([2H])c4c([2H])c([2H])c([2H])c([2H])c4c3[2H])c3ccccc23)c(-c2c([2H])c([2H])c3c([2H])c([2H])c([2H])c([2H])c3c2[2H])c1[2H]. The summed E-state index contributed by atoms with van der Waals surface area (Å²) in [5, 5.41) is -0.0964. The molecule has 0 aromatic heterocycles. The molecule has 0 saturated heterocycles. The second-order valence-corrected chi connectivity index (χ2v) is 9.09. The van der Waals surface area contributed by atoms with Crippen LogP contribution < -0.4 is 0 Å². The number of rotatable bonds is 3. The minimum Gasteiger partial charge on any atom is -0.0616 e. The molecule has 0 fully saturated rings. The Hall–Kier alpha value is -5.20. The minimum absolute atomic E-state index is 0.124. The van der Waals surface area contributed by atoms with Crippen molar-refractivity contribution in [3.8, 4) is 33.4 Å². The molecule has 0 aliphatic rings. The zero-order valence-corrected chi connectivity index (χ0v) is 20.6. The van der Waals surface area contributed by atoms with Crippen LogP contribution in [0.3, 0.4) is 0 Å². The van der Waals surface area contributed by atoms with Gasteiger partial charge >= 0.3 is 0 Å². The smallest absolute Gasteiger partial charge is 0.0616 e. The van der Waals surface area contributed by atoms with Crippen LogP contribution in [0.1, 0.15) is 24.7 Å². The first kappa shape index (κ1) is 11.1. The minimum atomic E-state index is -0.726. The molecule has 0 aliphatic heterocycles. The summed E-state index contributed by atoms with van der Waals surface area (Å²) in [5.74, 6) is 0. The summed E-state index contributed by atoms with van der Waals surface area (Å²) < 4.78 is 158. The van der Waals surface area contributed by atoms with Gasteiger partial charge in [0.1, 0.15) is 0 Å². The van der Waals surface area contributed by atoms with Gasteiger partial charge in [0, 0.05) is 0 Å². The van der Waals surface area contributed by atoms with E-state index < -0.39 is 125 Å². The van der Waals surface area contributed by atoms with Crippen molar-refractivity contribution in [1.82, 2.24) is 0 Å². The summed E-state index contributed by atoms with van der Waals surface area (Å²) in [4.78, 5) is 0. The third kappa shape index (κ3) is 3.61. The largest absolute Gasteiger partial charge is 0.0636 e. The molecule has 0 N–H and O–H groups in total. The van der Waals surface area contributed by atoms with Crippen molar-refractivity contribution >= 4 is 43.1 Å². The predicted octanol–water partition coefficient (Wildman–Crippen LogP) is 11.3. The molecule has 186 valence electrons. The molecular weight excluding hydrogens is 480 g/mol. The number of hydrogen-bond acceptors (Lipinski definition) is 0. The van der Waals surface area contributed by atoms with Crippen LogP contribution in [0.25, 0.3) is 76.5 Å². The Morgan fingerprint density at radius 1 is 0.350 bits per heavy atom. The quantitative estimate of drug-likeness (QED) is 0.202. The average Bonchev–Trinajstić information content (AvgIpc) is 3.21. The van der Waals surface area contributed by atoms with Gasteiger partial charge < -0.3 is 0 Å². The van der Waals surface area contributed by atoms with Gasteiger partial charge in [-0.15, -0.1) is 0 Å². The lowest BCUT2D eigenvalue weighted by Crippen LogP contribution is -1.92. The van der Waals surface area contributed by atoms with Gasteiger partial charge in [-0.25, -0.2) is 0 Å². The maximum atomic E-state index is 9.38. The number of hydrogen-bond donors (Lipinski definition) is 0. The molecule has 8 aromatic rings. The Balaban J connectivity index is 1.61. The Bertz CT molecular complexity index is 3150. The molecule has 0 aliphatic carbocycles. The summed E-state index contributed by atoms with van der Waals surface area (Å²) in [5.41, 5.74) is -0.758. The van der Waals surface area contributed by atoms with Crippen LogP contribution in [0.5, 0.6) is 0 Å². The third-order valence-corrected chi connectivity index (χ3v) is 6.87. The fourth-order valence-corrected chi connectivity index (χ4v) is 5.17. The van der Waals surface area contributed by atoms with Crippen LogP contribution in [0.4, 0.5) is 0 Å². The summed E-state index contributed by atoms with van der Waals surface area (Å²) in [6, 6.07) is 1.95. The van der Waals surface area contributed by atoms with E-state index in [0.29, 0.717) is 21.5 Å². The summed E-state index contributed by atoms with van der Waals surface area (Å²) in [6.07, 6.45) is 0. The highest BCUT2D eigenvalue weighted by Gasteiger charge is 2.18. The lowest BCUT2D eigenvalue weighted by molar-refractivity contribution is 1.62. The molecule has 8 aromatic carbocycles. The Morgan fingerprint density at radius 2 is 0.775 bits per heavy atom. The molecule has 0 saturated carbocycles. The van der Waals surface area contributed by atoms with E-state index in [2.05, 4.69) is 0 Å². The standard InChI is InChI=1S/C40H26/c1-3-13-29-25-31(23-21-27(29)11-1)33-15-5-6-16-34(33)40-37-19-9-7-17-35(37)39(36-18-8-10-20-38(36)40)32-24-22-28-12-2-4-14-30(28)26-32/h1-26H/i1D,2D,3D,4D,5D,6D,11D,12D,13D,14D,15D,16D,21D,22D,23D,24D,25D,26D. The summed E-state index contributed by atoms with van der Waals surface area (Å²) in [7, 11) is 0. The van der Waals surface area contributed by atoms with E-state index in [-0.39, 0.29) is 38.6 Å². The fourth-order valence-electron chi connectivity index (χ4n) is 5.17. The molecular formula is C40H26.